The van der Waals surface area contributed by atoms with Crippen molar-refractivity contribution < 1.29 is 4.74 Å². The zero-order chi connectivity index (χ0) is 14.7. The van der Waals surface area contributed by atoms with Gasteiger partial charge < -0.3 is 15.0 Å². The van der Waals surface area contributed by atoms with E-state index in [1.165, 1.54) is 12.8 Å². The average Bonchev–Trinajstić information content (AvgIpc) is 3.11. The zero-order valence-electron chi connectivity index (χ0n) is 12.1. The van der Waals surface area contributed by atoms with Crippen LogP contribution in [0.5, 0.6) is 0 Å². The normalized spacial score (nSPS) is 18.5. The van der Waals surface area contributed by atoms with Crippen LogP contribution in [0.4, 0.5) is 5.95 Å². The van der Waals surface area contributed by atoms with Crippen molar-refractivity contribution >= 4 is 23.2 Å². The van der Waals surface area contributed by atoms with Crippen molar-refractivity contribution in [1.82, 2.24) is 19.9 Å². The van der Waals surface area contributed by atoms with Gasteiger partial charge in [0, 0.05) is 32.4 Å². The average molecular weight is 310 g/mol. The number of hydrogen-bond acceptors (Lipinski definition) is 5. The molecule has 1 saturated heterocycles. The van der Waals surface area contributed by atoms with E-state index in [9.17, 15) is 0 Å². The Bertz CT molecular complexity index is 596. The fourth-order valence-corrected chi connectivity index (χ4v) is 2.79. The maximum atomic E-state index is 6.00. The van der Waals surface area contributed by atoms with E-state index in [0.717, 1.165) is 31.2 Å². The van der Waals surface area contributed by atoms with Gasteiger partial charge in [-0.2, -0.15) is 4.98 Å². The van der Waals surface area contributed by atoms with E-state index >= 15 is 0 Å². The summed E-state index contributed by atoms with van der Waals surface area (Å²) in [6.07, 6.45) is 4.20. The maximum Gasteiger partial charge on any atom is 0.245 e. The van der Waals surface area contributed by atoms with E-state index in [-0.39, 0.29) is 0 Å². The number of nitrogens with one attached hydrogen (secondary N) is 1. The lowest BCUT2D eigenvalue weighted by Crippen LogP contribution is -2.39. The topological polar surface area (TPSA) is 54.7 Å². The van der Waals surface area contributed by atoms with Crippen molar-refractivity contribution in [3.63, 3.8) is 0 Å². The van der Waals surface area contributed by atoms with E-state index in [1.54, 1.807) is 17.8 Å². The quantitative estimate of drug-likeness (QED) is 0.878. The van der Waals surface area contributed by atoms with Crippen LogP contribution in [0, 0.1) is 0 Å². The molecule has 1 atom stereocenters. The number of rotatable bonds is 6. The van der Waals surface area contributed by atoms with E-state index in [2.05, 4.69) is 20.3 Å². The standard InChI is InChI=1S/C14H20ClN5O/c1-21-8-7-19(10-12-3-2-6-16-12)14-17-13-5-4-11(15)9-20(13)18-14/h4-5,9,12,16H,2-3,6-8,10H2,1H3. The molecule has 3 rings (SSSR count). The highest BCUT2D eigenvalue weighted by Crippen LogP contribution is 2.16. The number of fused-ring (bicyclic) bond motifs is 1. The van der Waals surface area contributed by atoms with E-state index in [4.69, 9.17) is 16.3 Å². The minimum atomic E-state index is 0.497. The molecule has 2 aromatic rings. The molecular formula is C14H20ClN5O. The molecule has 1 aliphatic heterocycles. The number of methoxy groups -OCH3 is 1. The molecule has 7 heteroatoms. The molecule has 0 aliphatic carbocycles. The highest BCUT2D eigenvalue weighted by Gasteiger charge is 2.20. The van der Waals surface area contributed by atoms with Gasteiger partial charge in [-0.15, -0.1) is 5.10 Å². The van der Waals surface area contributed by atoms with Crippen LogP contribution < -0.4 is 10.2 Å². The van der Waals surface area contributed by atoms with Gasteiger partial charge in [0.2, 0.25) is 5.95 Å². The number of nitrogens with zero attached hydrogens (tertiary/aromatic N) is 4. The lowest BCUT2D eigenvalue weighted by atomic mass is 10.2. The molecule has 3 heterocycles. The van der Waals surface area contributed by atoms with Gasteiger partial charge >= 0.3 is 0 Å². The molecule has 1 N–H and O–H groups in total. The van der Waals surface area contributed by atoms with Gasteiger partial charge in [-0.05, 0) is 31.5 Å². The monoisotopic (exact) mass is 309 g/mol. The Morgan fingerprint density at radius 3 is 3.19 bits per heavy atom. The summed E-state index contributed by atoms with van der Waals surface area (Å²) in [4.78, 5) is 6.76. The van der Waals surface area contributed by atoms with E-state index in [1.807, 2.05) is 12.1 Å². The van der Waals surface area contributed by atoms with Crippen molar-refractivity contribution in [3.8, 4) is 0 Å². The molecule has 0 radical (unpaired) electrons. The first-order chi connectivity index (χ1) is 10.3. The Morgan fingerprint density at radius 1 is 1.52 bits per heavy atom. The molecule has 21 heavy (non-hydrogen) atoms. The summed E-state index contributed by atoms with van der Waals surface area (Å²) < 4.78 is 6.93. The van der Waals surface area contributed by atoms with Crippen molar-refractivity contribution in [3.05, 3.63) is 23.4 Å². The molecule has 0 aromatic carbocycles. The summed E-state index contributed by atoms with van der Waals surface area (Å²) in [5.74, 6) is 0.725. The summed E-state index contributed by atoms with van der Waals surface area (Å²) in [6, 6.07) is 4.20. The first-order valence-corrected chi connectivity index (χ1v) is 7.63. The molecule has 0 amide bonds. The fraction of sp³-hybridized carbons (Fsp3) is 0.571. The second-order valence-corrected chi connectivity index (χ2v) is 5.73. The van der Waals surface area contributed by atoms with Crippen LogP contribution >= 0.6 is 11.6 Å². The minimum absolute atomic E-state index is 0.497. The molecule has 1 unspecified atom stereocenters. The molecule has 1 fully saturated rings. The van der Waals surface area contributed by atoms with Gasteiger partial charge in [0.05, 0.1) is 11.6 Å². The number of pyridine rings is 1. The molecule has 1 aliphatic rings. The first-order valence-electron chi connectivity index (χ1n) is 7.25. The molecule has 0 spiro atoms. The fourth-order valence-electron chi connectivity index (χ4n) is 2.63. The minimum Gasteiger partial charge on any atom is -0.383 e. The van der Waals surface area contributed by atoms with Crippen LogP contribution in [0.2, 0.25) is 5.02 Å². The molecule has 6 nitrogen and oxygen atoms in total. The van der Waals surface area contributed by atoms with Gasteiger partial charge in [0.1, 0.15) is 0 Å². The second kappa shape index (κ2) is 6.60. The second-order valence-electron chi connectivity index (χ2n) is 5.29. The highest BCUT2D eigenvalue weighted by molar-refractivity contribution is 6.30. The van der Waals surface area contributed by atoms with Crippen molar-refractivity contribution in [2.75, 3.05) is 38.3 Å². The summed E-state index contributed by atoms with van der Waals surface area (Å²) in [6.45, 7) is 3.42. The Balaban J connectivity index is 1.81. The summed E-state index contributed by atoms with van der Waals surface area (Å²) in [7, 11) is 1.71. The van der Waals surface area contributed by atoms with Crippen LogP contribution in [-0.2, 0) is 4.74 Å². The number of hydrogen-bond donors (Lipinski definition) is 1. The van der Waals surface area contributed by atoms with Gasteiger partial charge in [-0.1, -0.05) is 11.6 Å². The number of ether oxygens (including phenoxy) is 1. The molecular weight excluding hydrogens is 290 g/mol. The zero-order valence-corrected chi connectivity index (χ0v) is 12.9. The van der Waals surface area contributed by atoms with E-state index in [0.29, 0.717) is 17.7 Å². The number of halogens is 1. The lowest BCUT2D eigenvalue weighted by molar-refractivity contribution is 0.204. The van der Waals surface area contributed by atoms with Gasteiger partial charge in [-0.25, -0.2) is 4.52 Å². The van der Waals surface area contributed by atoms with Crippen molar-refractivity contribution in [2.24, 2.45) is 0 Å². The number of anilines is 1. The van der Waals surface area contributed by atoms with Crippen LogP contribution in [0.1, 0.15) is 12.8 Å². The van der Waals surface area contributed by atoms with E-state index < -0.39 is 0 Å². The maximum absolute atomic E-state index is 6.00. The van der Waals surface area contributed by atoms with Gasteiger partial charge in [0.25, 0.3) is 0 Å². The largest absolute Gasteiger partial charge is 0.383 e. The third-order valence-corrected chi connectivity index (χ3v) is 3.96. The van der Waals surface area contributed by atoms with Crippen LogP contribution in [0.25, 0.3) is 5.65 Å². The summed E-state index contributed by atoms with van der Waals surface area (Å²) in [5.41, 5.74) is 0.802. The molecule has 114 valence electrons. The van der Waals surface area contributed by atoms with Crippen molar-refractivity contribution in [2.45, 2.75) is 18.9 Å². The van der Waals surface area contributed by atoms with Crippen molar-refractivity contribution in [1.29, 1.82) is 0 Å². The van der Waals surface area contributed by atoms with Crippen LogP contribution in [0.15, 0.2) is 18.3 Å². The van der Waals surface area contributed by atoms with Gasteiger partial charge in [-0.3, -0.25) is 0 Å². The van der Waals surface area contributed by atoms with Gasteiger partial charge in [0.15, 0.2) is 5.65 Å². The molecule has 0 bridgehead atoms. The third kappa shape index (κ3) is 3.45. The predicted octanol–water partition coefficient (Wildman–Crippen LogP) is 1.59. The highest BCUT2D eigenvalue weighted by atomic mass is 35.5. The Labute approximate surface area is 129 Å². The van der Waals surface area contributed by atoms with Crippen LogP contribution in [-0.4, -0.2) is 54.0 Å². The first kappa shape index (κ1) is 14.6. The number of aromatic nitrogens is 3. The smallest absolute Gasteiger partial charge is 0.245 e. The SMILES string of the molecule is COCCN(CC1CCCN1)c1nc2ccc(Cl)cn2n1. The third-order valence-electron chi connectivity index (χ3n) is 3.74. The Hall–Kier alpha value is -1.37. The predicted molar refractivity (Wildman–Crippen MR) is 83.1 cm³/mol. The molecule has 2 aromatic heterocycles. The summed E-state index contributed by atoms with van der Waals surface area (Å²) >= 11 is 6.00. The Morgan fingerprint density at radius 2 is 2.43 bits per heavy atom. The molecule has 0 saturated carbocycles. The summed E-state index contributed by atoms with van der Waals surface area (Å²) in [5, 5.41) is 8.70. The van der Waals surface area contributed by atoms with Crippen LogP contribution in [0.3, 0.4) is 0 Å². The lowest BCUT2D eigenvalue weighted by Gasteiger charge is -2.24. The Kier molecular flexibility index (Phi) is 4.57.